The van der Waals surface area contributed by atoms with Gasteiger partial charge in [-0.15, -0.1) is 0 Å². The molecule has 324 valence electrons. The number of fused-ring (bicyclic) bond motifs is 7. The average molecular weight is 809 g/mol. The summed E-state index contributed by atoms with van der Waals surface area (Å²) >= 11 is 0. The molecule has 2 saturated heterocycles. The number of hydrogen-bond donors (Lipinski definition) is 7. The van der Waals surface area contributed by atoms with Crippen LogP contribution in [0.3, 0.4) is 0 Å². The number of hydrogen-bond acceptors (Lipinski definition) is 14. The van der Waals surface area contributed by atoms with Gasteiger partial charge in [0, 0.05) is 10.8 Å². The third-order valence-corrected chi connectivity index (χ3v) is 17.3. The Balaban J connectivity index is 1.15. The van der Waals surface area contributed by atoms with E-state index in [4.69, 9.17) is 23.7 Å². The van der Waals surface area contributed by atoms with Crippen LogP contribution in [-0.2, 0) is 33.3 Å². The third kappa shape index (κ3) is 6.28. The molecule has 4 saturated carbocycles. The minimum absolute atomic E-state index is 0.00974. The number of carbonyl (C=O) groups excluding carboxylic acids is 2. The van der Waals surface area contributed by atoms with E-state index in [1.54, 1.807) is 0 Å². The largest absolute Gasteiger partial charge is 0.467 e. The molecule has 7 N–H and O–H groups in total. The SMILES string of the molecule is COC(=O)C1OC(OC2CCC3(C)C(CCC4(C)C3CC=C3C5CC(C)(C)CCC5(C)C(=O)C(O)C34C)C2(C)C)C(O)C(OC2OC(CO)C(O)C(O)C2O)C1O. The van der Waals surface area contributed by atoms with E-state index in [0.717, 1.165) is 52.1 Å². The molecule has 7 rings (SSSR count). The zero-order chi connectivity index (χ0) is 42.0. The van der Waals surface area contributed by atoms with E-state index >= 15 is 0 Å². The Kier molecular flexibility index (Phi) is 11.1. The number of carbonyl (C=O) groups is 2. The van der Waals surface area contributed by atoms with Crippen molar-refractivity contribution < 1.29 is 69.0 Å². The van der Waals surface area contributed by atoms with Crippen LogP contribution < -0.4 is 0 Å². The van der Waals surface area contributed by atoms with Crippen LogP contribution in [0.15, 0.2) is 11.6 Å². The van der Waals surface area contributed by atoms with Gasteiger partial charge in [0.15, 0.2) is 24.5 Å². The second-order valence-corrected chi connectivity index (χ2v) is 21.0. The second-order valence-electron chi connectivity index (χ2n) is 21.0. The molecule has 0 aromatic heterocycles. The maximum absolute atomic E-state index is 14.4. The number of aliphatic hydroxyl groups excluding tert-OH is 7. The highest BCUT2D eigenvalue weighted by atomic mass is 16.7. The van der Waals surface area contributed by atoms with E-state index in [2.05, 4.69) is 61.5 Å². The number of methoxy groups -OCH3 is 1. The van der Waals surface area contributed by atoms with E-state index in [1.165, 1.54) is 5.57 Å². The molecule has 7 aliphatic rings. The smallest absolute Gasteiger partial charge is 0.337 e. The van der Waals surface area contributed by atoms with Crippen LogP contribution in [0.2, 0.25) is 0 Å². The number of Topliss-reactive ketones (excluding diaryl/α,β-unsaturated/α-hetero) is 1. The summed E-state index contributed by atoms with van der Waals surface area (Å²) in [5.41, 5.74) is -0.971. The molecule has 0 radical (unpaired) electrons. The molecule has 6 fully saturated rings. The van der Waals surface area contributed by atoms with Gasteiger partial charge in [-0.05, 0) is 90.8 Å². The lowest BCUT2D eigenvalue weighted by molar-refractivity contribution is -0.365. The molecule has 19 unspecified atom stereocenters. The first-order chi connectivity index (χ1) is 26.4. The van der Waals surface area contributed by atoms with E-state index in [9.17, 15) is 45.3 Å². The van der Waals surface area contributed by atoms with Crippen LogP contribution in [0.5, 0.6) is 0 Å². The van der Waals surface area contributed by atoms with Crippen LogP contribution in [0.4, 0.5) is 0 Å². The molecule has 14 nitrogen and oxygen atoms in total. The maximum atomic E-state index is 14.4. The lowest BCUT2D eigenvalue weighted by atomic mass is 9.33. The fourth-order valence-corrected chi connectivity index (χ4v) is 13.6. The van der Waals surface area contributed by atoms with Gasteiger partial charge in [-0.1, -0.05) is 67.0 Å². The Labute approximate surface area is 336 Å². The number of allylic oxidation sites excluding steroid dienone is 1. The lowest BCUT2D eigenvalue weighted by Crippen LogP contribution is -2.70. The van der Waals surface area contributed by atoms with Crippen LogP contribution >= 0.6 is 0 Å². The number of aliphatic hydroxyl groups is 7. The molecule has 14 heteroatoms. The van der Waals surface area contributed by atoms with Gasteiger partial charge in [0.1, 0.15) is 48.8 Å². The van der Waals surface area contributed by atoms with Gasteiger partial charge in [0.25, 0.3) is 0 Å². The molecule has 2 heterocycles. The van der Waals surface area contributed by atoms with Crippen molar-refractivity contribution in [1.29, 1.82) is 0 Å². The Bertz CT molecular complexity index is 1600. The fraction of sp³-hybridized carbons (Fsp3) is 0.907. The van der Waals surface area contributed by atoms with Crippen LogP contribution in [0.1, 0.15) is 107 Å². The van der Waals surface area contributed by atoms with Crippen LogP contribution in [0.25, 0.3) is 0 Å². The van der Waals surface area contributed by atoms with Crippen molar-refractivity contribution in [1.82, 2.24) is 0 Å². The molecule has 0 bridgehead atoms. The molecule has 0 aromatic rings. The summed E-state index contributed by atoms with van der Waals surface area (Å²) in [5.74, 6) is -0.586. The Hall–Kier alpha value is -1.56. The zero-order valence-corrected chi connectivity index (χ0v) is 35.1. The summed E-state index contributed by atoms with van der Waals surface area (Å²) < 4.78 is 28.8. The van der Waals surface area contributed by atoms with E-state index in [0.29, 0.717) is 6.42 Å². The predicted octanol–water partition coefficient (Wildman–Crippen LogP) is 2.15. The van der Waals surface area contributed by atoms with Gasteiger partial charge < -0.3 is 59.4 Å². The number of esters is 1. The second kappa shape index (κ2) is 14.5. The molecular weight excluding hydrogens is 740 g/mol. The molecule has 57 heavy (non-hydrogen) atoms. The van der Waals surface area contributed by atoms with E-state index < -0.39 is 102 Å². The van der Waals surface area contributed by atoms with E-state index in [1.807, 2.05) is 0 Å². The van der Waals surface area contributed by atoms with Gasteiger partial charge >= 0.3 is 5.97 Å². The number of ether oxygens (including phenoxy) is 5. The summed E-state index contributed by atoms with van der Waals surface area (Å²) in [6.07, 6.45) is -9.34. The normalized spacial score (nSPS) is 53.0. The first-order valence-corrected chi connectivity index (χ1v) is 21.1. The fourth-order valence-electron chi connectivity index (χ4n) is 13.6. The predicted molar refractivity (Wildman–Crippen MR) is 203 cm³/mol. The van der Waals surface area contributed by atoms with Crippen molar-refractivity contribution in [2.45, 2.75) is 180 Å². The monoisotopic (exact) mass is 808 g/mol. The Morgan fingerprint density at radius 2 is 1.46 bits per heavy atom. The summed E-state index contributed by atoms with van der Waals surface area (Å²) in [5, 5.41) is 76.1. The van der Waals surface area contributed by atoms with Crippen molar-refractivity contribution in [2.24, 2.45) is 50.2 Å². The topological polar surface area (TPSA) is 222 Å². The third-order valence-electron chi connectivity index (χ3n) is 17.3. The molecule has 5 aliphatic carbocycles. The van der Waals surface area contributed by atoms with Gasteiger partial charge in [-0.2, -0.15) is 0 Å². The lowest BCUT2D eigenvalue weighted by Gasteiger charge is -2.71. The van der Waals surface area contributed by atoms with E-state index in [-0.39, 0.29) is 39.8 Å². The van der Waals surface area contributed by atoms with Crippen molar-refractivity contribution >= 4 is 11.8 Å². The van der Waals surface area contributed by atoms with Crippen LogP contribution in [-0.4, -0.2) is 135 Å². The quantitative estimate of drug-likeness (QED) is 0.116. The molecule has 0 aromatic carbocycles. The van der Waals surface area contributed by atoms with Gasteiger partial charge in [0.05, 0.1) is 19.8 Å². The average Bonchev–Trinajstić information content (AvgIpc) is 3.15. The molecule has 2 aliphatic heterocycles. The summed E-state index contributed by atoms with van der Waals surface area (Å²) in [6.45, 7) is 17.1. The van der Waals surface area contributed by atoms with Crippen molar-refractivity contribution in [3.8, 4) is 0 Å². The molecule has 0 amide bonds. The Morgan fingerprint density at radius 3 is 2.11 bits per heavy atom. The molecule has 19 atom stereocenters. The van der Waals surface area contributed by atoms with Crippen LogP contribution in [0, 0.1) is 50.2 Å². The highest BCUT2D eigenvalue weighted by molar-refractivity contribution is 5.92. The summed E-state index contributed by atoms with van der Waals surface area (Å²) in [6, 6.07) is 0. The maximum Gasteiger partial charge on any atom is 0.337 e. The van der Waals surface area contributed by atoms with Gasteiger partial charge in [-0.25, -0.2) is 4.79 Å². The standard InChI is InChI=1S/C43H68O14/c1-38(2)16-17-40(5)21(18-38)20-10-11-24-41(6)14-13-25(39(3,4)23(41)12-15-42(24,7)43(20,8)34(51)33(40)50)55-37-30(49)31(29(48)32(57-37)35(52)53-9)56-36-28(47)27(46)26(45)22(19-44)54-36/h10,21-32,34,36-37,44-49,51H,11-19H2,1-9H3. The molecule has 0 spiro atoms. The molecular formula is C43H68O14. The first-order valence-electron chi connectivity index (χ1n) is 21.1. The summed E-state index contributed by atoms with van der Waals surface area (Å²) in [7, 11) is 1.12. The number of rotatable bonds is 6. The van der Waals surface area contributed by atoms with Crippen molar-refractivity contribution in [3.63, 3.8) is 0 Å². The Morgan fingerprint density at radius 1 is 0.789 bits per heavy atom. The van der Waals surface area contributed by atoms with Crippen molar-refractivity contribution in [2.75, 3.05) is 13.7 Å². The van der Waals surface area contributed by atoms with Gasteiger partial charge in [-0.3, -0.25) is 4.79 Å². The highest BCUT2D eigenvalue weighted by Gasteiger charge is 2.72. The van der Waals surface area contributed by atoms with Gasteiger partial charge in [0.2, 0.25) is 0 Å². The highest BCUT2D eigenvalue weighted by Crippen LogP contribution is 2.75. The zero-order valence-electron chi connectivity index (χ0n) is 35.1. The summed E-state index contributed by atoms with van der Waals surface area (Å²) in [4.78, 5) is 27.3. The minimum atomic E-state index is -1.83. The first kappa shape index (κ1) is 43.5. The number of ketones is 1. The minimum Gasteiger partial charge on any atom is -0.467 e. The van der Waals surface area contributed by atoms with Crippen molar-refractivity contribution in [3.05, 3.63) is 11.6 Å².